The highest BCUT2D eigenvalue weighted by molar-refractivity contribution is 5.94. The highest BCUT2D eigenvalue weighted by atomic mass is 16.5. The molecule has 0 bridgehead atoms. The lowest BCUT2D eigenvalue weighted by molar-refractivity contribution is 0.0692. The Morgan fingerprint density at radius 2 is 2.10 bits per heavy atom. The van der Waals surface area contributed by atoms with Crippen molar-refractivity contribution >= 4 is 5.91 Å². The normalized spacial score (nSPS) is 18.0. The molecule has 1 saturated heterocycles. The molecule has 20 heavy (non-hydrogen) atoms. The van der Waals surface area contributed by atoms with Crippen molar-refractivity contribution in [2.24, 2.45) is 0 Å². The van der Waals surface area contributed by atoms with Crippen LogP contribution in [0.15, 0.2) is 24.3 Å². The number of ether oxygens (including phenoxy) is 1. The minimum Gasteiger partial charge on any atom is -0.494 e. The van der Waals surface area contributed by atoms with Crippen molar-refractivity contribution in [2.75, 3.05) is 26.2 Å². The Bertz CT molecular complexity index is 425. The average Bonchev–Trinajstić information content (AvgIpc) is 2.99. The van der Waals surface area contributed by atoms with E-state index in [1.54, 1.807) is 0 Å². The van der Waals surface area contributed by atoms with Crippen LogP contribution in [-0.4, -0.2) is 43.1 Å². The molecule has 110 valence electrons. The van der Waals surface area contributed by atoms with Gasteiger partial charge in [-0.2, -0.15) is 0 Å². The lowest BCUT2D eigenvalue weighted by Crippen LogP contribution is -2.42. The minimum atomic E-state index is 0.128. The molecule has 0 spiro atoms. The summed E-state index contributed by atoms with van der Waals surface area (Å²) < 4.78 is 5.41. The fourth-order valence-electron chi connectivity index (χ4n) is 2.62. The number of hydrogen-bond acceptors (Lipinski definition) is 3. The van der Waals surface area contributed by atoms with E-state index >= 15 is 0 Å². The molecule has 1 unspecified atom stereocenters. The fourth-order valence-corrected chi connectivity index (χ4v) is 2.62. The molecular weight excluding hydrogens is 252 g/mol. The minimum absolute atomic E-state index is 0.128. The number of hydrogen-bond donors (Lipinski definition) is 1. The molecule has 1 atom stereocenters. The summed E-state index contributed by atoms with van der Waals surface area (Å²) in [5.41, 5.74) is 0.744. The number of rotatable bonds is 6. The summed E-state index contributed by atoms with van der Waals surface area (Å²) in [5.74, 6) is 0.942. The predicted molar refractivity (Wildman–Crippen MR) is 80.2 cm³/mol. The first kappa shape index (κ1) is 14.9. The van der Waals surface area contributed by atoms with Gasteiger partial charge in [0.15, 0.2) is 0 Å². The zero-order valence-electron chi connectivity index (χ0n) is 12.4. The Labute approximate surface area is 121 Å². The summed E-state index contributed by atoms with van der Waals surface area (Å²) in [7, 11) is 0. The summed E-state index contributed by atoms with van der Waals surface area (Å²) in [6.07, 6.45) is 2.03. The van der Waals surface area contributed by atoms with Crippen LogP contribution < -0.4 is 10.1 Å². The number of nitrogens with one attached hydrogen (secondary N) is 1. The Balaban J connectivity index is 2.09. The number of carbonyl (C=O) groups is 1. The van der Waals surface area contributed by atoms with Crippen molar-refractivity contribution < 1.29 is 9.53 Å². The number of nitrogens with zero attached hydrogens (tertiary/aromatic N) is 1. The van der Waals surface area contributed by atoms with Crippen LogP contribution in [0.5, 0.6) is 5.75 Å². The van der Waals surface area contributed by atoms with Gasteiger partial charge in [0.25, 0.3) is 5.91 Å². The average molecular weight is 276 g/mol. The summed E-state index contributed by atoms with van der Waals surface area (Å²) >= 11 is 0. The SMILES string of the molecule is CCCN(C(=O)c1ccc(OCC)cc1)C1CCNC1. The number of amides is 1. The first-order chi connectivity index (χ1) is 9.76. The molecule has 0 aliphatic carbocycles. The Kier molecular flexibility index (Phi) is 5.41. The van der Waals surface area contributed by atoms with Gasteiger partial charge in [-0.25, -0.2) is 0 Å². The van der Waals surface area contributed by atoms with Crippen molar-refractivity contribution in [1.29, 1.82) is 0 Å². The predicted octanol–water partition coefficient (Wildman–Crippen LogP) is 2.30. The standard InChI is InChI=1S/C16H24N2O2/c1-3-11-18(14-9-10-17-12-14)16(19)13-5-7-15(8-6-13)20-4-2/h5-8,14,17H,3-4,9-12H2,1-2H3. The van der Waals surface area contributed by atoms with Gasteiger partial charge >= 0.3 is 0 Å². The van der Waals surface area contributed by atoms with Crippen molar-refractivity contribution in [2.45, 2.75) is 32.7 Å². The maximum Gasteiger partial charge on any atom is 0.254 e. The monoisotopic (exact) mass is 276 g/mol. The highest BCUT2D eigenvalue weighted by Gasteiger charge is 2.26. The summed E-state index contributed by atoms with van der Waals surface area (Å²) in [6.45, 7) is 7.43. The number of benzene rings is 1. The van der Waals surface area contributed by atoms with E-state index in [9.17, 15) is 4.79 Å². The third-order valence-electron chi connectivity index (χ3n) is 3.61. The molecule has 0 saturated carbocycles. The Hall–Kier alpha value is -1.55. The zero-order chi connectivity index (χ0) is 14.4. The van der Waals surface area contributed by atoms with Crippen LogP contribution in [0.4, 0.5) is 0 Å². The van der Waals surface area contributed by atoms with Crippen molar-refractivity contribution in [3.05, 3.63) is 29.8 Å². The summed E-state index contributed by atoms with van der Waals surface area (Å²) in [5, 5.41) is 3.33. The van der Waals surface area contributed by atoms with Gasteiger partial charge in [-0.05, 0) is 50.6 Å². The van der Waals surface area contributed by atoms with E-state index in [-0.39, 0.29) is 5.91 Å². The maximum atomic E-state index is 12.6. The number of carbonyl (C=O) groups excluding carboxylic acids is 1. The van der Waals surface area contributed by atoms with E-state index in [0.29, 0.717) is 12.6 Å². The van der Waals surface area contributed by atoms with E-state index in [0.717, 1.165) is 43.8 Å². The molecule has 0 aromatic heterocycles. The molecule has 0 radical (unpaired) electrons. The molecule has 1 aromatic carbocycles. The lowest BCUT2D eigenvalue weighted by Gasteiger charge is -2.28. The van der Waals surface area contributed by atoms with Gasteiger partial charge in [0, 0.05) is 24.7 Å². The molecular formula is C16H24N2O2. The van der Waals surface area contributed by atoms with Crippen LogP contribution in [-0.2, 0) is 0 Å². The maximum absolute atomic E-state index is 12.6. The van der Waals surface area contributed by atoms with E-state index in [1.165, 1.54) is 0 Å². The molecule has 1 aromatic rings. The summed E-state index contributed by atoms with van der Waals surface area (Å²) in [6, 6.07) is 7.78. The van der Waals surface area contributed by atoms with Gasteiger partial charge in [0.2, 0.25) is 0 Å². The van der Waals surface area contributed by atoms with Crippen LogP contribution in [0, 0.1) is 0 Å². The van der Waals surface area contributed by atoms with Crippen LogP contribution in [0.25, 0.3) is 0 Å². The summed E-state index contributed by atoms with van der Waals surface area (Å²) in [4.78, 5) is 14.7. The van der Waals surface area contributed by atoms with Crippen LogP contribution in [0.2, 0.25) is 0 Å². The molecule has 1 aliphatic heterocycles. The second kappa shape index (κ2) is 7.29. The fraction of sp³-hybridized carbons (Fsp3) is 0.562. The molecule has 4 nitrogen and oxygen atoms in total. The highest BCUT2D eigenvalue weighted by Crippen LogP contribution is 2.17. The van der Waals surface area contributed by atoms with Gasteiger partial charge < -0.3 is 15.0 Å². The van der Waals surface area contributed by atoms with E-state index in [1.807, 2.05) is 36.1 Å². The van der Waals surface area contributed by atoms with Gasteiger partial charge in [-0.1, -0.05) is 6.92 Å². The van der Waals surface area contributed by atoms with Gasteiger partial charge in [-0.3, -0.25) is 4.79 Å². The van der Waals surface area contributed by atoms with Crippen LogP contribution >= 0.6 is 0 Å². The first-order valence-corrected chi connectivity index (χ1v) is 7.50. The van der Waals surface area contributed by atoms with Gasteiger partial charge in [0.1, 0.15) is 5.75 Å². The van der Waals surface area contributed by atoms with Crippen molar-refractivity contribution in [3.63, 3.8) is 0 Å². The lowest BCUT2D eigenvalue weighted by atomic mass is 10.1. The quantitative estimate of drug-likeness (QED) is 0.867. The largest absolute Gasteiger partial charge is 0.494 e. The van der Waals surface area contributed by atoms with E-state index < -0.39 is 0 Å². The molecule has 2 rings (SSSR count). The smallest absolute Gasteiger partial charge is 0.254 e. The van der Waals surface area contributed by atoms with Crippen molar-refractivity contribution in [1.82, 2.24) is 10.2 Å². The van der Waals surface area contributed by atoms with Gasteiger partial charge in [0.05, 0.1) is 6.61 Å². The second-order valence-corrected chi connectivity index (χ2v) is 5.10. The third kappa shape index (κ3) is 3.51. The van der Waals surface area contributed by atoms with Crippen LogP contribution in [0.1, 0.15) is 37.0 Å². The molecule has 1 amide bonds. The second-order valence-electron chi connectivity index (χ2n) is 5.10. The van der Waals surface area contributed by atoms with Gasteiger partial charge in [-0.15, -0.1) is 0 Å². The molecule has 1 fully saturated rings. The molecule has 1 N–H and O–H groups in total. The molecule has 4 heteroatoms. The van der Waals surface area contributed by atoms with E-state index in [2.05, 4.69) is 12.2 Å². The Morgan fingerprint density at radius 1 is 1.35 bits per heavy atom. The van der Waals surface area contributed by atoms with Crippen LogP contribution in [0.3, 0.4) is 0 Å². The van der Waals surface area contributed by atoms with E-state index in [4.69, 9.17) is 4.74 Å². The third-order valence-corrected chi connectivity index (χ3v) is 3.61. The topological polar surface area (TPSA) is 41.6 Å². The first-order valence-electron chi connectivity index (χ1n) is 7.50. The van der Waals surface area contributed by atoms with Crippen molar-refractivity contribution in [3.8, 4) is 5.75 Å². The molecule has 1 aliphatic rings. The zero-order valence-corrected chi connectivity index (χ0v) is 12.4. The Morgan fingerprint density at radius 3 is 2.65 bits per heavy atom. The molecule has 1 heterocycles.